The molecule has 5 heteroatoms. The number of hydrogen-bond acceptors (Lipinski definition) is 2. The van der Waals surface area contributed by atoms with E-state index in [0.29, 0.717) is 5.56 Å². The Balaban J connectivity index is 0.000000238. The van der Waals surface area contributed by atoms with Crippen molar-refractivity contribution in [1.29, 1.82) is 0 Å². The summed E-state index contributed by atoms with van der Waals surface area (Å²) in [4.78, 5) is 9.84. The minimum Gasteiger partial charge on any atom is -0.258 e. The maximum Gasteiger partial charge on any atom is 0.275 e. The molecule has 0 spiro atoms. The van der Waals surface area contributed by atoms with Crippen LogP contribution in [0.5, 0.6) is 0 Å². The summed E-state index contributed by atoms with van der Waals surface area (Å²) in [6.45, 7) is 6.60. The van der Waals surface area contributed by atoms with Gasteiger partial charge in [-0.25, -0.2) is 8.78 Å². The topological polar surface area (TPSA) is 43.1 Å². The molecule has 2 aromatic carbocycles. The third kappa shape index (κ3) is 5.47. The Hall–Kier alpha value is -2.82. The molecular weight excluding hydrogens is 300 g/mol. The van der Waals surface area contributed by atoms with E-state index in [1.165, 1.54) is 24.3 Å². The molecule has 2 rings (SSSR count). The molecule has 3 nitrogen and oxygen atoms in total. The molecule has 0 radical (unpaired) electrons. The van der Waals surface area contributed by atoms with Crippen molar-refractivity contribution in [2.24, 2.45) is 0 Å². The number of nitro benzene ring substituents is 1. The average Bonchev–Trinajstić information content (AvgIpc) is 2.61. The first-order valence-corrected chi connectivity index (χ1v) is 6.82. The lowest BCUT2D eigenvalue weighted by molar-refractivity contribution is -0.385. The van der Waals surface area contributed by atoms with Crippen LogP contribution in [0.3, 0.4) is 0 Å². The first-order valence-electron chi connectivity index (χ1n) is 6.82. The molecule has 0 saturated carbocycles. The Morgan fingerprint density at radius 1 is 0.913 bits per heavy atom. The molecule has 2 aromatic rings. The number of para-hydroxylation sites is 1. The summed E-state index contributed by atoms with van der Waals surface area (Å²) in [5, 5.41) is 10.4. The Morgan fingerprint density at radius 2 is 1.43 bits per heavy atom. The zero-order chi connectivity index (χ0) is 17.2. The number of nitro groups is 1. The lowest BCUT2D eigenvalue weighted by atomic mass is 10.1. The van der Waals surface area contributed by atoms with Crippen LogP contribution >= 0.6 is 0 Å². The maximum absolute atomic E-state index is 13.1. The van der Waals surface area contributed by atoms with Gasteiger partial charge in [-0.2, -0.15) is 0 Å². The van der Waals surface area contributed by atoms with Gasteiger partial charge in [0.25, 0.3) is 5.69 Å². The van der Waals surface area contributed by atoms with Gasteiger partial charge in [0.1, 0.15) is 12.3 Å². The zero-order valence-corrected chi connectivity index (χ0v) is 12.4. The van der Waals surface area contributed by atoms with Crippen LogP contribution in [0.25, 0.3) is 0 Å². The van der Waals surface area contributed by atoms with E-state index in [2.05, 4.69) is 13.2 Å². The highest BCUT2D eigenvalue weighted by molar-refractivity contribution is 5.42. The molecule has 0 aliphatic heterocycles. The fourth-order valence-electron chi connectivity index (χ4n) is 1.79. The second kappa shape index (κ2) is 9.25. The monoisotopic (exact) mass is 317 g/mol. The summed E-state index contributed by atoms with van der Waals surface area (Å²) in [5.41, 5.74) is 0.495. The van der Waals surface area contributed by atoms with E-state index >= 15 is 0 Å². The molecule has 0 heterocycles. The average molecular weight is 317 g/mol. The van der Waals surface area contributed by atoms with Crippen LogP contribution in [0.4, 0.5) is 14.5 Å². The maximum atomic E-state index is 13.1. The van der Waals surface area contributed by atoms with Crippen molar-refractivity contribution >= 4 is 5.69 Å². The molecule has 2 unspecified atom stereocenters. The molecule has 0 N–H and O–H groups in total. The van der Waals surface area contributed by atoms with Crippen LogP contribution in [0.1, 0.15) is 23.5 Å². The SMILES string of the molecule is C=CC(F)c1ccccc1.C=CC(F)c1ccccc1[N+](=O)[O-]. The number of nitrogens with zero attached hydrogens (tertiary/aromatic N) is 1. The summed E-state index contributed by atoms with van der Waals surface area (Å²) in [7, 11) is 0. The molecule has 0 aliphatic rings. The third-order valence-electron chi connectivity index (χ3n) is 2.96. The van der Waals surface area contributed by atoms with Crippen molar-refractivity contribution < 1.29 is 13.7 Å². The van der Waals surface area contributed by atoms with Gasteiger partial charge in [0, 0.05) is 6.07 Å². The quantitative estimate of drug-likeness (QED) is 0.405. The van der Waals surface area contributed by atoms with Gasteiger partial charge < -0.3 is 0 Å². The van der Waals surface area contributed by atoms with E-state index < -0.39 is 17.3 Å². The predicted octanol–water partition coefficient (Wildman–Crippen LogP) is 5.67. The Morgan fingerprint density at radius 3 is 1.96 bits per heavy atom. The molecule has 0 amide bonds. The number of allylic oxidation sites excluding steroid dienone is 2. The Labute approximate surface area is 133 Å². The number of hydrogen-bond donors (Lipinski definition) is 0. The minimum absolute atomic E-state index is 0.0440. The van der Waals surface area contributed by atoms with E-state index in [-0.39, 0.29) is 11.3 Å². The van der Waals surface area contributed by atoms with Crippen LogP contribution in [0.2, 0.25) is 0 Å². The lowest BCUT2D eigenvalue weighted by Gasteiger charge is -2.02. The van der Waals surface area contributed by atoms with Gasteiger partial charge in [0.2, 0.25) is 0 Å². The second-order valence-corrected chi connectivity index (χ2v) is 4.50. The molecule has 23 heavy (non-hydrogen) atoms. The number of benzene rings is 2. The van der Waals surface area contributed by atoms with Gasteiger partial charge in [0.05, 0.1) is 10.5 Å². The summed E-state index contributed by atoms with van der Waals surface area (Å²) in [6, 6.07) is 14.7. The highest BCUT2D eigenvalue weighted by atomic mass is 19.1. The van der Waals surface area contributed by atoms with Crippen LogP contribution in [0.15, 0.2) is 79.9 Å². The van der Waals surface area contributed by atoms with Crippen molar-refractivity contribution in [3.63, 3.8) is 0 Å². The minimum atomic E-state index is -1.48. The van der Waals surface area contributed by atoms with Crippen molar-refractivity contribution in [3.8, 4) is 0 Å². The zero-order valence-electron chi connectivity index (χ0n) is 12.4. The van der Waals surface area contributed by atoms with Gasteiger partial charge in [-0.3, -0.25) is 10.1 Å². The molecule has 2 atom stereocenters. The molecule has 0 fully saturated rings. The molecule has 120 valence electrons. The number of halogens is 2. The largest absolute Gasteiger partial charge is 0.275 e. The highest BCUT2D eigenvalue weighted by Crippen LogP contribution is 2.27. The number of alkyl halides is 2. The molecule has 0 aliphatic carbocycles. The van der Waals surface area contributed by atoms with E-state index in [4.69, 9.17) is 0 Å². The molecule has 0 saturated heterocycles. The van der Waals surface area contributed by atoms with Crippen molar-refractivity contribution in [2.75, 3.05) is 0 Å². The Bertz CT molecular complexity index is 659. The van der Waals surface area contributed by atoms with Gasteiger partial charge in [-0.15, -0.1) is 0 Å². The summed E-state index contributed by atoms with van der Waals surface area (Å²) < 4.78 is 25.8. The fraction of sp³-hybridized carbons (Fsp3) is 0.111. The van der Waals surface area contributed by atoms with Gasteiger partial charge in [-0.1, -0.05) is 67.8 Å². The second-order valence-electron chi connectivity index (χ2n) is 4.50. The molecule has 0 aromatic heterocycles. The van der Waals surface area contributed by atoms with E-state index in [1.54, 1.807) is 18.2 Å². The van der Waals surface area contributed by atoms with Gasteiger partial charge >= 0.3 is 0 Å². The van der Waals surface area contributed by atoms with E-state index in [9.17, 15) is 18.9 Å². The van der Waals surface area contributed by atoms with Crippen molar-refractivity contribution in [3.05, 3.63) is 101 Å². The molecular formula is C18H17F2NO2. The van der Waals surface area contributed by atoms with Crippen molar-refractivity contribution in [2.45, 2.75) is 12.3 Å². The van der Waals surface area contributed by atoms with Crippen LogP contribution in [-0.4, -0.2) is 4.92 Å². The first kappa shape index (κ1) is 18.2. The predicted molar refractivity (Wildman–Crippen MR) is 87.6 cm³/mol. The summed E-state index contributed by atoms with van der Waals surface area (Å²) in [6.07, 6.45) is -0.194. The van der Waals surface area contributed by atoms with Crippen molar-refractivity contribution in [1.82, 2.24) is 0 Å². The fourth-order valence-corrected chi connectivity index (χ4v) is 1.79. The highest BCUT2D eigenvalue weighted by Gasteiger charge is 2.17. The van der Waals surface area contributed by atoms with Gasteiger partial charge in [0.15, 0.2) is 0 Å². The standard InChI is InChI=1S/C9H8FNO2.C9H9F/c1-2-8(10)7-5-3-4-6-9(7)11(12)13;1-2-9(10)8-6-4-3-5-7-8/h2-6,8H,1H2;2-7,9H,1H2. The lowest BCUT2D eigenvalue weighted by Crippen LogP contribution is -1.96. The summed E-state index contributed by atoms with van der Waals surface area (Å²) >= 11 is 0. The summed E-state index contributed by atoms with van der Waals surface area (Å²) in [5.74, 6) is 0. The Kier molecular flexibility index (Phi) is 7.33. The van der Waals surface area contributed by atoms with E-state index in [1.807, 2.05) is 18.2 Å². The van der Waals surface area contributed by atoms with Crippen LogP contribution < -0.4 is 0 Å². The van der Waals surface area contributed by atoms with Crippen LogP contribution in [0, 0.1) is 10.1 Å². The number of rotatable bonds is 5. The third-order valence-corrected chi connectivity index (χ3v) is 2.96. The smallest absolute Gasteiger partial charge is 0.258 e. The van der Waals surface area contributed by atoms with Crippen LogP contribution in [-0.2, 0) is 0 Å². The van der Waals surface area contributed by atoms with E-state index in [0.717, 1.165) is 6.08 Å². The first-order chi connectivity index (χ1) is 11.0. The van der Waals surface area contributed by atoms with Gasteiger partial charge in [-0.05, 0) is 11.6 Å². The molecule has 0 bridgehead atoms. The normalized spacial score (nSPS) is 12.3.